The highest BCUT2D eigenvalue weighted by Gasteiger charge is 2.63. The van der Waals surface area contributed by atoms with Crippen LogP contribution in [0.3, 0.4) is 0 Å². The Kier molecular flexibility index (Phi) is 1.89. The Morgan fingerprint density at radius 2 is 1.87 bits per heavy atom. The third kappa shape index (κ3) is 1.03. The molecule has 1 N–H and O–H groups in total. The summed E-state index contributed by atoms with van der Waals surface area (Å²) in [6.07, 6.45) is 6.34. The molecule has 0 aromatic rings. The molecule has 4 aliphatic rings. The van der Waals surface area contributed by atoms with Crippen LogP contribution >= 0.6 is 0 Å². The van der Waals surface area contributed by atoms with Gasteiger partial charge in [0.25, 0.3) is 0 Å². The van der Waals surface area contributed by atoms with E-state index in [1.165, 1.54) is 25.7 Å². The SMILES string of the molecule is C[C@H]1CC[C@]2(O)[C@H]3CC[C@H](C[C@@H]13)C2(C)C. The molecule has 5 atom stereocenters. The molecule has 4 aliphatic carbocycles. The molecule has 4 fully saturated rings. The number of rotatable bonds is 0. The van der Waals surface area contributed by atoms with E-state index >= 15 is 0 Å². The minimum atomic E-state index is -0.328. The van der Waals surface area contributed by atoms with Gasteiger partial charge in [-0.2, -0.15) is 0 Å². The molecule has 15 heavy (non-hydrogen) atoms. The van der Waals surface area contributed by atoms with E-state index in [-0.39, 0.29) is 11.0 Å². The Bertz CT molecular complexity index is 283. The van der Waals surface area contributed by atoms with E-state index in [0.717, 1.165) is 24.2 Å². The lowest BCUT2D eigenvalue weighted by Gasteiger charge is -2.66. The first kappa shape index (κ1) is 10.1. The van der Waals surface area contributed by atoms with Gasteiger partial charge in [0, 0.05) is 0 Å². The summed E-state index contributed by atoms with van der Waals surface area (Å²) >= 11 is 0. The van der Waals surface area contributed by atoms with Crippen LogP contribution in [-0.4, -0.2) is 10.7 Å². The normalized spacial score (nSPS) is 56.8. The molecular formula is C14H24O. The van der Waals surface area contributed by atoms with Gasteiger partial charge in [0.05, 0.1) is 5.60 Å². The summed E-state index contributed by atoms with van der Waals surface area (Å²) in [4.78, 5) is 0. The van der Waals surface area contributed by atoms with E-state index in [4.69, 9.17) is 0 Å². The van der Waals surface area contributed by atoms with Gasteiger partial charge < -0.3 is 5.11 Å². The van der Waals surface area contributed by atoms with Crippen molar-refractivity contribution in [2.75, 3.05) is 0 Å². The third-order valence-corrected chi connectivity index (χ3v) is 6.36. The zero-order valence-corrected chi connectivity index (χ0v) is 10.3. The molecule has 0 radical (unpaired) electrons. The minimum absolute atomic E-state index is 0.173. The number of hydrogen-bond donors (Lipinski definition) is 1. The van der Waals surface area contributed by atoms with Gasteiger partial charge in [-0.3, -0.25) is 0 Å². The Hall–Kier alpha value is -0.0400. The number of hydrogen-bond acceptors (Lipinski definition) is 1. The molecule has 0 aromatic heterocycles. The van der Waals surface area contributed by atoms with Crippen molar-refractivity contribution in [2.24, 2.45) is 29.1 Å². The lowest BCUT2D eigenvalue weighted by atomic mass is 9.41. The van der Waals surface area contributed by atoms with Gasteiger partial charge in [0.2, 0.25) is 0 Å². The summed E-state index contributed by atoms with van der Waals surface area (Å²) in [5, 5.41) is 11.0. The van der Waals surface area contributed by atoms with Crippen LogP contribution in [0, 0.1) is 29.1 Å². The first-order valence-corrected chi connectivity index (χ1v) is 6.69. The van der Waals surface area contributed by atoms with Crippen LogP contribution in [0.4, 0.5) is 0 Å². The number of aliphatic hydroxyl groups is 1. The zero-order chi connectivity index (χ0) is 10.8. The van der Waals surface area contributed by atoms with E-state index in [1.54, 1.807) is 0 Å². The maximum atomic E-state index is 11.0. The second-order valence-corrected chi connectivity index (χ2v) is 6.94. The Morgan fingerprint density at radius 3 is 2.60 bits per heavy atom. The van der Waals surface area contributed by atoms with Crippen molar-refractivity contribution >= 4 is 0 Å². The highest BCUT2D eigenvalue weighted by molar-refractivity contribution is 5.13. The van der Waals surface area contributed by atoms with Crippen molar-refractivity contribution in [1.82, 2.24) is 0 Å². The first-order chi connectivity index (χ1) is 6.97. The third-order valence-electron chi connectivity index (χ3n) is 6.36. The maximum Gasteiger partial charge on any atom is 0.0731 e. The average Bonchev–Trinajstić information content (AvgIpc) is 2.21. The van der Waals surface area contributed by atoms with Crippen molar-refractivity contribution in [3.8, 4) is 0 Å². The summed E-state index contributed by atoms with van der Waals surface area (Å²) in [7, 11) is 0. The molecule has 0 unspecified atom stereocenters. The molecule has 0 heterocycles. The van der Waals surface area contributed by atoms with Crippen molar-refractivity contribution < 1.29 is 5.11 Å². The quantitative estimate of drug-likeness (QED) is 0.648. The molecule has 4 rings (SSSR count). The van der Waals surface area contributed by atoms with Crippen molar-refractivity contribution in [1.29, 1.82) is 0 Å². The fourth-order valence-corrected chi connectivity index (χ4v) is 5.08. The van der Waals surface area contributed by atoms with Crippen LogP contribution in [0.15, 0.2) is 0 Å². The molecular weight excluding hydrogens is 184 g/mol. The highest BCUT2D eigenvalue weighted by atomic mass is 16.3. The standard InChI is InChI=1S/C14H24O/c1-9-6-7-14(15)12-5-4-10(8-11(9)12)13(14,2)3/h9-12,15H,4-8H2,1-3H3/t9-,10+,11-,12-,14-/m0/s1. The van der Waals surface area contributed by atoms with Gasteiger partial charge in [0.15, 0.2) is 0 Å². The molecule has 86 valence electrons. The molecule has 1 nitrogen and oxygen atoms in total. The minimum Gasteiger partial charge on any atom is -0.389 e. The summed E-state index contributed by atoms with van der Waals surface area (Å²) in [5.41, 5.74) is -0.155. The maximum absolute atomic E-state index is 11.0. The molecule has 4 saturated carbocycles. The van der Waals surface area contributed by atoms with Gasteiger partial charge in [0.1, 0.15) is 0 Å². The predicted molar refractivity (Wildman–Crippen MR) is 61.4 cm³/mol. The van der Waals surface area contributed by atoms with Gasteiger partial charge >= 0.3 is 0 Å². The van der Waals surface area contributed by atoms with E-state index in [0.29, 0.717) is 5.92 Å². The van der Waals surface area contributed by atoms with Crippen LogP contribution in [-0.2, 0) is 0 Å². The van der Waals surface area contributed by atoms with Crippen LogP contribution in [0.1, 0.15) is 52.9 Å². The van der Waals surface area contributed by atoms with Crippen LogP contribution < -0.4 is 0 Å². The summed E-state index contributed by atoms with van der Waals surface area (Å²) in [6, 6.07) is 0. The van der Waals surface area contributed by atoms with E-state index in [1.807, 2.05) is 0 Å². The lowest BCUT2D eigenvalue weighted by Crippen LogP contribution is -2.66. The smallest absolute Gasteiger partial charge is 0.0731 e. The Balaban J connectivity index is 2.04. The predicted octanol–water partition coefficient (Wildman–Crippen LogP) is 3.22. The summed E-state index contributed by atoms with van der Waals surface area (Å²) < 4.78 is 0. The summed E-state index contributed by atoms with van der Waals surface area (Å²) in [6.45, 7) is 7.03. The van der Waals surface area contributed by atoms with E-state index in [9.17, 15) is 5.11 Å². The Labute approximate surface area is 93.3 Å². The second kappa shape index (κ2) is 2.80. The molecule has 0 aliphatic heterocycles. The van der Waals surface area contributed by atoms with Crippen LogP contribution in [0.25, 0.3) is 0 Å². The van der Waals surface area contributed by atoms with Gasteiger partial charge in [-0.05, 0) is 61.2 Å². The summed E-state index contributed by atoms with van der Waals surface area (Å²) in [5.74, 6) is 3.08. The molecule has 0 amide bonds. The largest absolute Gasteiger partial charge is 0.389 e. The highest BCUT2D eigenvalue weighted by Crippen LogP contribution is 2.65. The van der Waals surface area contributed by atoms with Crippen LogP contribution in [0.2, 0.25) is 0 Å². The van der Waals surface area contributed by atoms with E-state index < -0.39 is 0 Å². The van der Waals surface area contributed by atoms with E-state index in [2.05, 4.69) is 20.8 Å². The van der Waals surface area contributed by atoms with Gasteiger partial charge in [-0.15, -0.1) is 0 Å². The topological polar surface area (TPSA) is 20.2 Å². The molecule has 0 spiro atoms. The molecule has 0 aromatic carbocycles. The van der Waals surface area contributed by atoms with Gasteiger partial charge in [-0.25, -0.2) is 0 Å². The fraction of sp³-hybridized carbons (Fsp3) is 1.00. The molecule has 1 heteroatoms. The van der Waals surface area contributed by atoms with Crippen molar-refractivity contribution in [3.63, 3.8) is 0 Å². The fourth-order valence-electron chi connectivity index (χ4n) is 5.08. The average molecular weight is 208 g/mol. The van der Waals surface area contributed by atoms with Crippen molar-refractivity contribution in [3.05, 3.63) is 0 Å². The van der Waals surface area contributed by atoms with Crippen molar-refractivity contribution in [2.45, 2.75) is 58.5 Å². The number of fused-ring (bicyclic) bond motifs is 1. The Morgan fingerprint density at radius 1 is 1.13 bits per heavy atom. The lowest BCUT2D eigenvalue weighted by molar-refractivity contribution is -0.244. The van der Waals surface area contributed by atoms with Gasteiger partial charge in [-0.1, -0.05) is 20.8 Å². The first-order valence-electron chi connectivity index (χ1n) is 6.69. The molecule has 4 bridgehead atoms. The zero-order valence-electron chi connectivity index (χ0n) is 10.3. The van der Waals surface area contributed by atoms with Crippen LogP contribution in [0.5, 0.6) is 0 Å². The monoisotopic (exact) mass is 208 g/mol. The second-order valence-electron chi connectivity index (χ2n) is 6.94. The molecule has 0 saturated heterocycles.